The summed E-state index contributed by atoms with van der Waals surface area (Å²) >= 11 is 0. The van der Waals surface area contributed by atoms with Crippen LogP contribution in [0.15, 0.2) is 65.7 Å². The molecule has 0 radical (unpaired) electrons. The van der Waals surface area contributed by atoms with Crippen LogP contribution in [0.4, 0.5) is 0 Å². The summed E-state index contributed by atoms with van der Waals surface area (Å²) in [5.41, 5.74) is 1.06. The van der Waals surface area contributed by atoms with Crippen LogP contribution in [0.25, 0.3) is 10.8 Å². The third kappa shape index (κ3) is 3.61. The topological polar surface area (TPSA) is 54.3 Å². The lowest BCUT2D eigenvalue weighted by Crippen LogP contribution is -2.35. The van der Waals surface area contributed by atoms with E-state index >= 15 is 0 Å². The first kappa shape index (κ1) is 17.7. The predicted molar refractivity (Wildman–Crippen MR) is 101 cm³/mol. The van der Waals surface area contributed by atoms with Crippen LogP contribution in [0.1, 0.15) is 11.7 Å². The normalized spacial score (nSPS) is 13.4. The number of nitrogens with one attached hydrogen (secondary N) is 1. The van der Waals surface area contributed by atoms with Crippen LogP contribution >= 0.6 is 0 Å². The molecule has 3 rings (SSSR count). The van der Waals surface area contributed by atoms with E-state index in [9.17, 15) is 8.42 Å². The molecular formula is C19H23N3O2S. The summed E-state index contributed by atoms with van der Waals surface area (Å²) in [6.07, 6.45) is 1.96. The molecule has 1 N–H and O–H groups in total. The van der Waals surface area contributed by atoms with Gasteiger partial charge in [-0.2, -0.15) is 0 Å². The second-order valence-electron chi connectivity index (χ2n) is 6.35. The smallest absolute Gasteiger partial charge is 0.241 e. The Hall–Kier alpha value is -2.15. The monoisotopic (exact) mass is 357 g/mol. The molecule has 5 nitrogen and oxygen atoms in total. The van der Waals surface area contributed by atoms with E-state index in [0.29, 0.717) is 11.4 Å². The van der Waals surface area contributed by atoms with Gasteiger partial charge in [-0.25, -0.2) is 13.1 Å². The molecule has 0 aliphatic heterocycles. The van der Waals surface area contributed by atoms with Crippen LogP contribution in [0, 0.1) is 0 Å². The number of sulfonamides is 1. The molecule has 0 aliphatic rings. The van der Waals surface area contributed by atoms with Crippen molar-refractivity contribution in [3.05, 3.63) is 66.5 Å². The van der Waals surface area contributed by atoms with Gasteiger partial charge < -0.3 is 4.57 Å². The number of aryl methyl sites for hydroxylation is 1. The molecule has 25 heavy (non-hydrogen) atoms. The minimum atomic E-state index is -3.61. The molecule has 0 spiro atoms. The zero-order chi connectivity index (χ0) is 18.0. The highest BCUT2D eigenvalue weighted by molar-refractivity contribution is 7.89. The van der Waals surface area contributed by atoms with Crippen molar-refractivity contribution in [3.63, 3.8) is 0 Å². The summed E-state index contributed by atoms with van der Waals surface area (Å²) in [5, 5.41) is 1.65. The minimum Gasteiger partial charge on any atom is -0.353 e. The second-order valence-corrected chi connectivity index (χ2v) is 8.09. The lowest BCUT2D eigenvalue weighted by Gasteiger charge is -2.25. The van der Waals surface area contributed by atoms with Crippen LogP contribution in [-0.4, -0.2) is 38.5 Å². The Bertz CT molecular complexity index is 972. The summed E-state index contributed by atoms with van der Waals surface area (Å²) in [6.45, 7) is 0.302. The van der Waals surface area contributed by atoms with Crippen molar-refractivity contribution in [2.75, 3.05) is 20.6 Å². The number of hydrogen-bond acceptors (Lipinski definition) is 3. The van der Waals surface area contributed by atoms with Gasteiger partial charge in [0.1, 0.15) is 0 Å². The Labute approximate surface area is 148 Å². The van der Waals surface area contributed by atoms with Crippen molar-refractivity contribution in [2.24, 2.45) is 7.05 Å². The van der Waals surface area contributed by atoms with Gasteiger partial charge in [0.15, 0.2) is 0 Å². The Kier molecular flexibility index (Phi) is 4.94. The highest BCUT2D eigenvalue weighted by Gasteiger charge is 2.22. The third-order valence-electron chi connectivity index (χ3n) is 4.45. The van der Waals surface area contributed by atoms with Gasteiger partial charge in [0.05, 0.1) is 10.9 Å². The van der Waals surface area contributed by atoms with Crippen LogP contribution in [0.5, 0.6) is 0 Å². The van der Waals surface area contributed by atoms with Gasteiger partial charge in [0.2, 0.25) is 10.0 Å². The molecule has 0 aliphatic carbocycles. The number of likely N-dealkylation sites (N-methyl/N-ethyl adjacent to an activating group) is 1. The average Bonchev–Trinajstić information content (AvgIpc) is 3.00. The van der Waals surface area contributed by atoms with Crippen LogP contribution < -0.4 is 4.72 Å². The Morgan fingerprint density at radius 1 is 1.04 bits per heavy atom. The molecule has 0 saturated carbocycles. The molecule has 3 aromatic rings. The summed E-state index contributed by atoms with van der Waals surface area (Å²) in [4.78, 5) is 2.33. The lowest BCUT2D eigenvalue weighted by molar-refractivity contribution is 0.289. The van der Waals surface area contributed by atoms with Gasteiger partial charge in [0, 0.05) is 30.9 Å². The lowest BCUT2D eigenvalue weighted by atomic mass is 10.1. The van der Waals surface area contributed by atoms with Gasteiger partial charge in [0.25, 0.3) is 0 Å². The summed E-state index contributed by atoms with van der Waals surface area (Å²) in [7, 11) is 2.25. The van der Waals surface area contributed by atoms with E-state index in [4.69, 9.17) is 0 Å². The molecule has 1 atom stereocenters. The maximum Gasteiger partial charge on any atom is 0.241 e. The van der Waals surface area contributed by atoms with E-state index in [2.05, 4.69) is 4.72 Å². The molecule has 1 unspecified atom stereocenters. The van der Waals surface area contributed by atoms with Gasteiger partial charge >= 0.3 is 0 Å². The molecular weight excluding hydrogens is 334 g/mol. The van der Waals surface area contributed by atoms with Crippen LogP contribution in [0.2, 0.25) is 0 Å². The minimum absolute atomic E-state index is 0.0512. The second kappa shape index (κ2) is 7.00. The van der Waals surface area contributed by atoms with E-state index in [1.54, 1.807) is 12.1 Å². The fraction of sp³-hybridized carbons (Fsp3) is 0.263. The Morgan fingerprint density at radius 2 is 1.76 bits per heavy atom. The van der Waals surface area contributed by atoms with Crippen molar-refractivity contribution in [1.29, 1.82) is 0 Å². The highest BCUT2D eigenvalue weighted by atomic mass is 32.2. The maximum absolute atomic E-state index is 12.9. The fourth-order valence-electron chi connectivity index (χ4n) is 3.07. The van der Waals surface area contributed by atoms with E-state index in [1.165, 1.54) is 0 Å². The molecule has 6 heteroatoms. The molecule has 0 fully saturated rings. The molecule has 0 amide bonds. The highest BCUT2D eigenvalue weighted by Crippen LogP contribution is 2.24. The summed E-state index contributed by atoms with van der Waals surface area (Å²) < 4.78 is 30.6. The van der Waals surface area contributed by atoms with E-state index in [-0.39, 0.29) is 6.04 Å². The summed E-state index contributed by atoms with van der Waals surface area (Å²) in [6, 6.07) is 16.8. The quantitative estimate of drug-likeness (QED) is 0.738. The van der Waals surface area contributed by atoms with Crippen LogP contribution in [-0.2, 0) is 17.1 Å². The van der Waals surface area contributed by atoms with Crippen molar-refractivity contribution in [1.82, 2.24) is 14.2 Å². The molecule has 1 aromatic heterocycles. The summed E-state index contributed by atoms with van der Waals surface area (Å²) in [5.74, 6) is 0. The zero-order valence-corrected chi connectivity index (χ0v) is 15.5. The first-order valence-corrected chi connectivity index (χ1v) is 9.63. The number of fused-ring (bicyclic) bond motifs is 1. The molecule has 132 valence electrons. The van der Waals surface area contributed by atoms with Gasteiger partial charge in [-0.1, -0.05) is 36.4 Å². The Morgan fingerprint density at radius 3 is 2.44 bits per heavy atom. The van der Waals surface area contributed by atoms with E-state index in [1.807, 2.05) is 79.3 Å². The maximum atomic E-state index is 12.9. The van der Waals surface area contributed by atoms with Crippen molar-refractivity contribution >= 4 is 20.8 Å². The molecule has 1 heterocycles. The predicted octanol–water partition coefficient (Wildman–Crippen LogP) is 2.76. The number of hydrogen-bond donors (Lipinski definition) is 1. The number of aromatic nitrogens is 1. The van der Waals surface area contributed by atoms with Gasteiger partial charge in [-0.3, -0.25) is 4.90 Å². The average molecular weight is 357 g/mol. The van der Waals surface area contributed by atoms with Gasteiger partial charge in [-0.15, -0.1) is 0 Å². The molecule has 0 bridgehead atoms. The Balaban J connectivity index is 1.89. The SMILES string of the molecule is CN(C)C(CNS(=O)(=O)c1cccc2ccccc12)c1cccn1C. The van der Waals surface area contributed by atoms with Crippen molar-refractivity contribution in [3.8, 4) is 0 Å². The number of benzene rings is 2. The fourth-order valence-corrected chi connectivity index (χ4v) is 4.33. The first-order chi connectivity index (χ1) is 11.9. The first-order valence-electron chi connectivity index (χ1n) is 8.15. The molecule has 2 aromatic carbocycles. The zero-order valence-electron chi connectivity index (χ0n) is 14.7. The van der Waals surface area contributed by atoms with E-state index in [0.717, 1.165) is 16.5 Å². The molecule has 0 saturated heterocycles. The third-order valence-corrected chi connectivity index (χ3v) is 5.94. The van der Waals surface area contributed by atoms with Crippen molar-refractivity contribution < 1.29 is 8.42 Å². The largest absolute Gasteiger partial charge is 0.353 e. The van der Waals surface area contributed by atoms with Crippen molar-refractivity contribution in [2.45, 2.75) is 10.9 Å². The standard InChI is InChI=1S/C19H23N3O2S/c1-21(2)18(17-11-7-13-22(17)3)14-20-25(23,24)19-12-6-9-15-8-4-5-10-16(15)19/h4-13,18,20H,14H2,1-3H3. The van der Waals surface area contributed by atoms with Gasteiger partial charge in [-0.05, 0) is 37.7 Å². The van der Waals surface area contributed by atoms with E-state index < -0.39 is 10.0 Å². The number of rotatable bonds is 6. The van der Waals surface area contributed by atoms with Crippen LogP contribution in [0.3, 0.4) is 0 Å². The number of nitrogens with zero attached hydrogens (tertiary/aromatic N) is 2.